The number of nitrogens with zero attached hydrogens (tertiary/aromatic N) is 4. The number of hydrogen-bond acceptors (Lipinski definition) is 7. The van der Waals surface area contributed by atoms with Crippen molar-refractivity contribution in [3.63, 3.8) is 0 Å². The highest BCUT2D eigenvalue weighted by atomic mass is 32.2. The van der Waals surface area contributed by atoms with Crippen LogP contribution in [0.1, 0.15) is 35.0 Å². The smallest absolute Gasteiger partial charge is 0.270 e. The molecule has 2 saturated heterocycles. The van der Waals surface area contributed by atoms with E-state index in [1.165, 1.54) is 21.2 Å². The van der Waals surface area contributed by atoms with Crippen molar-refractivity contribution in [1.29, 1.82) is 0 Å². The molecule has 1 amide bonds. The van der Waals surface area contributed by atoms with Crippen LogP contribution in [0, 0.1) is 5.92 Å². The number of ether oxygens (including phenoxy) is 1. The first-order chi connectivity index (χ1) is 19.4. The number of thiazole rings is 1. The first-order valence-electron chi connectivity index (χ1n) is 13.6. The number of rotatable bonds is 7. The molecule has 6 rings (SSSR count). The van der Waals surface area contributed by atoms with Crippen molar-refractivity contribution >= 4 is 42.6 Å². The summed E-state index contributed by atoms with van der Waals surface area (Å²) in [5, 5.41) is 4.26. The second-order valence-corrected chi connectivity index (χ2v) is 13.3. The molecule has 0 saturated carbocycles. The van der Waals surface area contributed by atoms with Crippen LogP contribution in [0.15, 0.2) is 71.8 Å². The molecule has 4 aromatic rings. The first kappa shape index (κ1) is 26.9. The molecule has 11 heteroatoms. The Morgan fingerprint density at radius 1 is 1.07 bits per heavy atom. The van der Waals surface area contributed by atoms with E-state index in [1.807, 2.05) is 43.6 Å². The highest BCUT2D eigenvalue weighted by Crippen LogP contribution is 2.35. The molecule has 2 unspecified atom stereocenters. The molecule has 2 aliphatic rings. The molecule has 0 radical (unpaired) electrons. The second-order valence-electron chi connectivity index (χ2n) is 10.3. The lowest BCUT2D eigenvalue weighted by atomic mass is 9.89. The standard InChI is InChI=1S/C29H33N5O4S2/c1-32-13-5-10-25(32)28(35)33-14-16-34(17-15-33)40(36,37)23-11-12-26-24(19-23)31-29(39-26)30-20-22-9-6-18-38-27(22)21-7-3-2-4-8-21/h2-5,7-8,10-13,19,22,27H,6,9,14-18,20H2,1H3,(H,30,31). The maximum atomic E-state index is 13.5. The Morgan fingerprint density at radius 3 is 2.62 bits per heavy atom. The van der Waals surface area contributed by atoms with E-state index in [2.05, 4.69) is 17.4 Å². The predicted octanol–water partition coefficient (Wildman–Crippen LogP) is 4.36. The molecule has 2 fully saturated rings. The highest BCUT2D eigenvalue weighted by molar-refractivity contribution is 7.89. The SMILES string of the molecule is Cn1cccc1C(=O)N1CCN(S(=O)(=O)c2ccc3sc(NCC4CCCOC4c4ccccc4)nc3c2)CC1. The van der Waals surface area contributed by atoms with Crippen molar-refractivity contribution in [2.45, 2.75) is 23.8 Å². The van der Waals surface area contributed by atoms with Gasteiger partial charge in [0.05, 0.1) is 21.2 Å². The Kier molecular flexibility index (Phi) is 7.63. The monoisotopic (exact) mass is 579 g/mol. The molecule has 2 atom stereocenters. The van der Waals surface area contributed by atoms with Crippen LogP contribution in [0.3, 0.4) is 0 Å². The third-order valence-corrected chi connectivity index (χ3v) is 10.7. The van der Waals surface area contributed by atoms with E-state index in [-0.39, 0.29) is 30.0 Å². The van der Waals surface area contributed by atoms with Crippen LogP contribution in [-0.4, -0.2) is 72.4 Å². The summed E-state index contributed by atoms with van der Waals surface area (Å²) in [5.41, 5.74) is 2.45. The number of fused-ring (bicyclic) bond motifs is 1. The molecule has 2 aromatic carbocycles. The quantitative estimate of drug-likeness (QED) is 0.350. The minimum absolute atomic E-state index is 0.0526. The van der Waals surface area contributed by atoms with Gasteiger partial charge in [-0.2, -0.15) is 4.31 Å². The Hall–Kier alpha value is -3.25. The molecular weight excluding hydrogens is 546 g/mol. The van der Waals surface area contributed by atoms with Gasteiger partial charge in [-0.25, -0.2) is 13.4 Å². The summed E-state index contributed by atoms with van der Waals surface area (Å²) in [5.74, 6) is 0.245. The van der Waals surface area contributed by atoms with Gasteiger partial charge in [0.25, 0.3) is 5.91 Å². The van der Waals surface area contributed by atoms with Gasteiger partial charge < -0.3 is 19.5 Å². The van der Waals surface area contributed by atoms with Crippen LogP contribution in [0.4, 0.5) is 5.13 Å². The Bertz CT molecular complexity index is 1590. The lowest BCUT2D eigenvalue weighted by molar-refractivity contribution is -0.0238. The van der Waals surface area contributed by atoms with Gasteiger partial charge in [0.2, 0.25) is 10.0 Å². The van der Waals surface area contributed by atoms with Gasteiger partial charge in [-0.15, -0.1) is 0 Å². The zero-order valence-corrected chi connectivity index (χ0v) is 24.0. The predicted molar refractivity (Wildman–Crippen MR) is 156 cm³/mol. The molecule has 0 bridgehead atoms. The average Bonchev–Trinajstić information content (AvgIpc) is 3.61. The summed E-state index contributed by atoms with van der Waals surface area (Å²) < 4.78 is 37.2. The third kappa shape index (κ3) is 5.38. The third-order valence-electron chi connectivity index (χ3n) is 7.77. The first-order valence-corrected chi connectivity index (χ1v) is 15.9. The number of aryl methyl sites for hydroxylation is 1. The van der Waals surface area contributed by atoms with E-state index in [4.69, 9.17) is 9.72 Å². The summed E-state index contributed by atoms with van der Waals surface area (Å²) >= 11 is 1.52. The number of anilines is 1. The summed E-state index contributed by atoms with van der Waals surface area (Å²) in [6.45, 7) is 2.72. The number of amides is 1. The van der Waals surface area contributed by atoms with E-state index in [0.29, 0.717) is 30.2 Å². The minimum Gasteiger partial charge on any atom is -0.373 e. The molecule has 40 heavy (non-hydrogen) atoms. The van der Waals surface area contributed by atoms with Gasteiger partial charge in [0.1, 0.15) is 5.69 Å². The maximum absolute atomic E-state index is 13.5. The number of nitrogens with one attached hydrogen (secondary N) is 1. The topological polar surface area (TPSA) is 96.8 Å². The summed E-state index contributed by atoms with van der Waals surface area (Å²) in [6.07, 6.45) is 3.99. The number of piperazine rings is 1. The molecule has 2 aromatic heterocycles. The largest absolute Gasteiger partial charge is 0.373 e. The van der Waals surface area contributed by atoms with Crippen LogP contribution >= 0.6 is 11.3 Å². The number of carbonyl (C=O) groups is 1. The molecule has 4 heterocycles. The Morgan fingerprint density at radius 2 is 1.88 bits per heavy atom. The van der Waals surface area contributed by atoms with Crippen molar-refractivity contribution in [3.05, 3.63) is 78.1 Å². The fourth-order valence-corrected chi connectivity index (χ4v) is 7.85. The molecule has 0 spiro atoms. The second kappa shape index (κ2) is 11.3. The molecule has 210 valence electrons. The number of aromatic nitrogens is 2. The molecular formula is C29H33N5O4S2. The zero-order chi connectivity index (χ0) is 27.7. The number of sulfonamides is 1. The van der Waals surface area contributed by atoms with E-state index in [1.54, 1.807) is 27.7 Å². The van der Waals surface area contributed by atoms with Crippen molar-refractivity contribution in [2.24, 2.45) is 13.0 Å². The fraction of sp³-hybridized carbons (Fsp3) is 0.379. The van der Waals surface area contributed by atoms with Gasteiger partial charge in [-0.3, -0.25) is 4.79 Å². The number of benzene rings is 2. The van der Waals surface area contributed by atoms with E-state index in [0.717, 1.165) is 35.8 Å². The van der Waals surface area contributed by atoms with Crippen LogP contribution in [0.2, 0.25) is 0 Å². The van der Waals surface area contributed by atoms with Crippen molar-refractivity contribution < 1.29 is 17.9 Å². The van der Waals surface area contributed by atoms with Gasteiger partial charge in [-0.1, -0.05) is 41.7 Å². The van der Waals surface area contributed by atoms with E-state index < -0.39 is 10.0 Å². The lowest BCUT2D eigenvalue weighted by Gasteiger charge is -2.34. The number of hydrogen-bond donors (Lipinski definition) is 1. The van der Waals surface area contributed by atoms with E-state index in [9.17, 15) is 13.2 Å². The normalized spacial score (nSPS) is 20.6. The van der Waals surface area contributed by atoms with Gasteiger partial charge >= 0.3 is 0 Å². The summed E-state index contributed by atoms with van der Waals surface area (Å²) in [4.78, 5) is 19.5. The minimum atomic E-state index is -3.70. The fourth-order valence-electron chi connectivity index (χ4n) is 5.55. The van der Waals surface area contributed by atoms with Crippen LogP contribution in [-0.2, 0) is 21.8 Å². The summed E-state index contributed by atoms with van der Waals surface area (Å²) in [6, 6.07) is 19.1. The summed E-state index contributed by atoms with van der Waals surface area (Å²) in [7, 11) is -1.88. The zero-order valence-electron chi connectivity index (χ0n) is 22.4. The van der Waals surface area contributed by atoms with Crippen LogP contribution in [0.25, 0.3) is 10.2 Å². The number of carbonyl (C=O) groups excluding carboxylic acids is 1. The molecule has 9 nitrogen and oxygen atoms in total. The van der Waals surface area contributed by atoms with Gasteiger partial charge in [-0.05, 0) is 48.7 Å². The average molecular weight is 580 g/mol. The lowest BCUT2D eigenvalue weighted by Crippen LogP contribution is -2.50. The van der Waals surface area contributed by atoms with E-state index >= 15 is 0 Å². The van der Waals surface area contributed by atoms with Crippen molar-refractivity contribution in [2.75, 3.05) is 44.6 Å². The van der Waals surface area contributed by atoms with Crippen molar-refractivity contribution in [1.82, 2.24) is 18.8 Å². The maximum Gasteiger partial charge on any atom is 0.270 e. The Labute approximate surface area is 238 Å². The van der Waals surface area contributed by atoms with Crippen LogP contribution in [0.5, 0.6) is 0 Å². The van der Waals surface area contributed by atoms with Crippen LogP contribution < -0.4 is 5.32 Å². The highest BCUT2D eigenvalue weighted by Gasteiger charge is 2.32. The Balaban J connectivity index is 1.11. The molecule has 1 N–H and O–H groups in total. The molecule has 2 aliphatic heterocycles. The molecule has 0 aliphatic carbocycles. The van der Waals surface area contributed by atoms with Gasteiger partial charge in [0, 0.05) is 58.5 Å². The van der Waals surface area contributed by atoms with Gasteiger partial charge in [0.15, 0.2) is 5.13 Å². The van der Waals surface area contributed by atoms with Crippen molar-refractivity contribution in [3.8, 4) is 0 Å².